The van der Waals surface area contributed by atoms with Crippen molar-refractivity contribution < 1.29 is 14.3 Å². The minimum Gasteiger partial charge on any atom is -0.497 e. The van der Waals surface area contributed by atoms with Gasteiger partial charge in [0.1, 0.15) is 11.8 Å². The molecule has 0 spiro atoms. The van der Waals surface area contributed by atoms with Gasteiger partial charge in [0.05, 0.1) is 19.4 Å². The number of benzene rings is 3. The van der Waals surface area contributed by atoms with Gasteiger partial charge in [0, 0.05) is 13.1 Å². The lowest BCUT2D eigenvalue weighted by Gasteiger charge is -2.33. The van der Waals surface area contributed by atoms with Crippen molar-refractivity contribution in [1.82, 2.24) is 4.90 Å². The molecular formula is C29H34N4O3. The van der Waals surface area contributed by atoms with E-state index >= 15 is 0 Å². The van der Waals surface area contributed by atoms with Crippen LogP contribution in [0.4, 0.5) is 0 Å². The van der Waals surface area contributed by atoms with Crippen molar-refractivity contribution in [2.45, 2.75) is 37.8 Å². The van der Waals surface area contributed by atoms with Gasteiger partial charge in [0.15, 0.2) is 0 Å². The lowest BCUT2D eigenvalue weighted by Crippen LogP contribution is -2.49. The molecule has 36 heavy (non-hydrogen) atoms. The molecule has 0 aliphatic rings. The highest BCUT2D eigenvalue weighted by atomic mass is 16.5. The zero-order valence-corrected chi connectivity index (χ0v) is 20.6. The molecule has 2 amide bonds. The van der Waals surface area contributed by atoms with E-state index in [0.717, 1.165) is 28.9 Å². The van der Waals surface area contributed by atoms with Crippen LogP contribution in [0.3, 0.4) is 0 Å². The predicted molar refractivity (Wildman–Crippen MR) is 143 cm³/mol. The Balaban J connectivity index is 1.99. The van der Waals surface area contributed by atoms with Crippen LogP contribution in [0.1, 0.15) is 41.9 Å². The maximum atomic E-state index is 14.3. The third-order valence-corrected chi connectivity index (χ3v) is 6.13. The van der Waals surface area contributed by atoms with E-state index in [1.807, 2.05) is 84.9 Å². The van der Waals surface area contributed by atoms with Gasteiger partial charge < -0.3 is 21.1 Å². The minimum absolute atomic E-state index is 0.174. The first kappa shape index (κ1) is 26.5. The molecule has 0 unspecified atom stereocenters. The summed E-state index contributed by atoms with van der Waals surface area (Å²) in [7, 11) is 1.60. The van der Waals surface area contributed by atoms with E-state index in [2.05, 4.69) is 4.99 Å². The number of ether oxygens (including phenoxy) is 1. The number of unbranched alkanes of at least 4 members (excludes halogenated alkanes) is 1. The van der Waals surface area contributed by atoms with Crippen LogP contribution in [0.15, 0.2) is 89.9 Å². The lowest BCUT2D eigenvalue weighted by atomic mass is 9.89. The number of primary amides is 1. The van der Waals surface area contributed by atoms with Gasteiger partial charge in [0.2, 0.25) is 11.8 Å². The molecule has 1 atom stereocenters. The Morgan fingerprint density at radius 3 is 2.00 bits per heavy atom. The smallest absolute Gasteiger partial charge is 0.240 e. The van der Waals surface area contributed by atoms with Gasteiger partial charge in [-0.2, -0.15) is 0 Å². The van der Waals surface area contributed by atoms with Crippen molar-refractivity contribution >= 4 is 18.2 Å². The third kappa shape index (κ3) is 7.18. The van der Waals surface area contributed by atoms with Crippen LogP contribution in [-0.4, -0.2) is 42.7 Å². The van der Waals surface area contributed by atoms with Crippen molar-refractivity contribution in [2.24, 2.45) is 16.5 Å². The zero-order chi connectivity index (χ0) is 25.8. The van der Waals surface area contributed by atoms with E-state index in [0.29, 0.717) is 19.4 Å². The number of nitrogens with zero attached hydrogens (tertiary/aromatic N) is 2. The summed E-state index contributed by atoms with van der Waals surface area (Å²) < 4.78 is 5.27. The van der Waals surface area contributed by atoms with Gasteiger partial charge in [-0.05, 0) is 48.1 Å². The molecule has 0 bridgehead atoms. The molecule has 0 heterocycles. The standard InChI is InChI=1S/C29H34N4O3/c1-36-25-17-15-22(16-18-25)20-33(26(28(31)34)14-8-9-19-32-21-30)29(35)27(23-10-4-2-5-11-23)24-12-6-3-7-13-24/h2-7,10-13,15-18,21,26-27H,8-9,14,19-20H2,1H3,(H2,30,32)(H2,31,34)/t26-/m1/s1. The number of aliphatic imine (C=N–C) groups is 1. The van der Waals surface area contributed by atoms with E-state index in [-0.39, 0.29) is 12.5 Å². The Hall–Kier alpha value is -4.13. The number of hydrogen-bond acceptors (Lipinski definition) is 4. The third-order valence-electron chi connectivity index (χ3n) is 6.13. The molecule has 3 aromatic rings. The summed E-state index contributed by atoms with van der Waals surface area (Å²) in [5.74, 6) is -0.560. The van der Waals surface area contributed by atoms with Crippen LogP contribution in [0.25, 0.3) is 0 Å². The summed E-state index contributed by atoms with van der Waals surface area (Å²) in [6, 6.07) is 25.9. The van der Waals surface area contributed by atoms with Crippen LogP contribution < -0.4 is 16.2 Å². The highest BCUT2D eigenvalue weighted by molar-refractivity contribution is 5.92. The summed E-state index contributed by atoms with van der Waals surface area (Å²) >= 11 is 0. The highest BCUT2D eigenvalue weighted by Crippen LogP contribution is 2.29. The Bertz CT molecular complexity index is 1080. The topological polar surface area (TPSA) is 111 Å². The lowest BCUT2D eigenvalue weighted by molar-refractivity contribution is -0.141. The molecule has 0 aliphatic carbocycles. The monoisotopic (exact) mass is 486 g/mol. The minimum atomic E-state index is -0.767. The van der Waals surface area contributed by atoms with Crippen LogP contribution in [0.5, 0.6) is 5.75 Å². The fourth-order valence-corrected chi connectivity index (χ4v) is 4.27. The maximum absolute atomic E-state index is 14.3. The Morgan fingerprint density at radius 2 is 1.50 bits per heavy atom. The first-order valence-electron chi connectivity index (χ1n) is 12.1. The van der Waals surface area contributed by atoms with E-state index in [4.69, 9.17) is 16.2 Å². The molecule has 7 nitrogen and oxygen atoms in total. The fourth-order valence-electron chi connectivity index (χ4n) is 4.27. The van der Waals surface area contributed by atoms with Crippen molar-refractivity contribution in [3.8, 4) is 5.75 Å². The van der Waals surface area contributed by atoms with Gasteiger partial charge in [-0.1, -0.05) is 72.8 Å². The normalized spacial score (nSPS) is 11.9. The van der Waals surface area contributed by atoms with Crippen molar-refractivity contribution in [3.05, 3.63) is 102 Å². The average molecular weight is 487 g/mol. The number of carbonyl (C=O) groups excluding carboxylic acids is 2. The van der Waals surface area contributed by atoms with Crippen molar-refractivity contribution in [3.63, 3.8) is 0 Å². The molecule has 4 N–H and O–H groups in total. The van der Waals surface area contributed by atoms with Crippen LogP contribution in [0, 0.1) is 0 Å². The van der Waals surface area contributed by atoms with E-state index in [9.17, 15) is 9.59 Å². The van der Waals surface area contributed by atoms with Gasteiger partial charge in [0.25, 0.3) is 0 Å². The summed E-state index contributed by atoms with van der Waals surface area (Å²) in [5.41, 5.74) is 13.8. The fraction of sp³-hybridized carbons (Fsp3) is 0.276. The van der Waals surface area contributed by atoms with Crippen LogP contribution in [-0.2, 0) is 16.1 Å². The second-order valence-electron chi connectivity index (χ2n) is 8.54. The predicted octanol–water partition coefficient (Wildman–Crippen LogP) is 3.87. The largest absolute Gasteiger partial charge is 0.497 e. The number of rotatable bonds is 13. The Kier molecular flexibility index (Phi) is 10.1. The molecule has 188 valence electrons. The Morgan fingerprint density at radius 1 is 0.917 bits per heavy atom. The Labute approximate surface area is 212 Å². The first-order valence-corrected chi connectivity index (χ1v) is 12.1. The molecule has 0 radical (unpaired) electrons. The summed E-state index contributed by atoms with van der Waals surface area (Å²) in [6.07, 6.45) is 3.13. The molecule has 3 aromatic carbocycles. The van der Waals surface area contributed by atoms with Gasteiger partial charge in [-0.15, -0.1) is 0 Å². The quantitative estimate of drug-likeness (QED) is 0.217. The SMILES string of the molecule is COc1ccc(CN(C(=O)C(c2ccccc2)c2ccccc2)[C@H](CCCCN=CN)C(N)=O)cc1. The van der Waals surface area contributed by atoms with Crippen LogP contribution in [0.2, 0.25) is 0 Å². The molecule has 0 saturated heterocycles. The molecular weight excluding hydrogens is 452 g/mol. The summed E-state index contributed by atoms with van der Waals surface area (Å²) in [6.45, 7) is 0.804. The van der Waals surface area contributed by atoms with Crippen molar-refractivity contribution in [2.75, 3.05) is 13.7 Å². The van der Waals surface area contributed by atoms with Crippen molar-refractivity contribution in [1.29, 1.82) is 0 Å². The van der Waals surface area contributed by atoms with Gasteiger partial charge >= 0.3 is 0 Å². The number of carbonyl (C=O) groups is 2. The first-order chi connectivity index (χ1) is 17.5. The molecule has 7 heteroatoms. The second-order valence-corrected chi connectivity index (χ2v) is 8.54. The molecule has 3 rings (SSSR count). The van der Waals surface area contributed by atoms with Crippen LogP contribution >= 0.6 is 0 Å². The number of methoxy groups -OCH3 is 1. The molecule has 0 saturated carbocycles. The maximum Gasteiger partial charge on any atom is 0.240 e. The van der Waals surface area contributed by atoms with E-state index in [1.165, 1.54) is 6.34 Å². The van der Waals surface area contributed by atoms with E-state index < -0.39 is 17.9 Å². The van der Waals surface area contributed by atoms with E-state index in [1.54, 1.807) is 12.0 Å². The second kappa shape index (κ2) is 13.7. The highest BCUT2D eigenvalue weighted by Gasteiger charge is 2.34. The summed E-state index contributed by atoms with van der Waals surface area (Å²) in [5, 5.41) is 0. The number of amides is 2. The molecule has 0 fully saturated rings. The average Bonchev–Trinajstić information content (AvgIpc) is 2.91. The molecule has 0 aromatic heterocycles. The molecule has 0 aliphatic heterocycles. The number of nitrogens with two attached hydrogens (primary N) is 2. The van der Waals surface area contributed by atoms with Gasteiger partial charge in [-0.25, -0.2) is 0 Å². The zero-order valence-electron chi connectivity index (χ0n) is 20.6. The van der Waals surface area contributed by atoms with Gasteiger partial charge in [-0.3, -0.25) is 14.6 Å². The summed E-state index contributed by atoms with van der Waals surface area (Å²) in [4.78, 5) is 32.7. The number of hydrogen-bond donors (Lipinski definition) is 2.